The summed E-state index contributed by atoms with van der Waals surface area (Å²) in [4.78, 5) is 11.2. The zero-order chi connectivity index (χ0) is 11.3. The Labute approximate surface area is 89.5 Å². The average molecular weight is 209 g/mol. The molecule has 0 unspecified atom stereocenters. The van der Waals surface area contributed by atoms with Crippen LogP contribution in [0.2, 0.25) is 0 Å². The predicted molar refractivity (Wildman–Crippen MR) is 59.8 cm³/mol. The fourth-order valence-electron chi connectivity index (χ4n) is 1.43. The summed E-state index contributed by atoms with van der Waals surface area (Å²) in [6.45, 7) is 4.22. The van der Waals surface area contributed by atoms with Crippen LogP contribution < -0.4 is 5.32 Å². The molecule has 0 atom stereocenters. The van der Waals surface area contributed by atoms with E-state index in [2.05, 4.69) is 12.2 Å². The third-order valence-electron chi connectivity index (χ3n) is 2.21. The summed E-state index contributed by atoms with van der Waals surface area (Å²) in [6, 6.07) is 4.65. The minimum atomic E-state index is -0.455. The molecule has 0 heterocycles. The van der Waals surface area contributed by atoms with Gasteiger partial charge in [0.1, 0.15) is 5.82 Å². The van der Waals surface area contributed by atoms with Gasteiger partial charge in [-0.2, -0.15) is 0 Å². The summed E-state index contributed by atoms with van der Waals surface area (Å²) < 4.78 is 13.3. The SMILES string of the molecule is CCCCNc1cccc(F)c1C(C)=O. The number of hydrogen-bond acceptors (Lipinski definition) is 2. The zero-order valence-corrected chi connectivity index (χ0v) is 9.14. The van der Waals surface area contributed by atoms with Crippen molar-refractivity contribution >= 4 is 11.5 Å². The topological polar surface area (TPSA) is 29.1 Å². The molecular formula is C12H16FNO. The molecule has 1 rings (SSSR count). The molecule has 0 aliphatic carbocycles. The van der Waals surface area contributed by atoms with E-state index < -0.39 is 5.82 Å². The highest BCUT2D eigenvalue weighted by atomic mass is 19.1. The Kier molecular flexibility index (Phi) is 4.28. The molecule has 0 amide bonds. The minimum Gasteiger partial charge on any atom is -0.384 e. The monoisotopic (exact) mass is 209 g/mol. The predicted octanol–water partition coefficient (Wildman–Crippen LogP) is 3.24. The van der Waals surface area contributed by atoms with Crippen LogP contribution >= 0.6 is 0 Å². The number of halogens is 1. The van der Waals surface area contributed by atoms with Gasteiger partial charge in [-0.05, 0) is 25.5 Å². The summed E-state index contributed by atoms with van der Waals surface area (Å²) in [7, 11) is 0. The molecule has 0 bridgehead atoms. The van der Waals surface area contributed by atoms with E-state index in [9.17, 15) is 9.18 Å². The van der Waals surface area contributed by atoms with Crippen molar-refractivity contribution in [1.82, 2.24) is 0 Å². The van der Waals surface area contributed by atoms with Gasteiger partial charge >= 0.3 is 0 Å². The fourth-order valence-corrected chi connectivity index (χ4v) is 1.43. The van der Waals surface area contributed by atoms with E-state index in [0.717, 1.165) is 19.4 Å². The number of Topliss-reactive ketones (excluding diaryl/α,β-unsaturated/α-hetero) is 1. The first kappa shape index (κ1) is 11.7. The molecule has 1 aromatic rings. The van der Waals surface area contributed by atoms with Crippen LogP contribution in [0, 0.1) is 5.82 Å². The highest BCUT2D eigenvalue weighted by Gasteiger charge is 2.11. The number of unbranched alkanes of at least 4 members (excludes halogenated alkanes) is 1. The van der Waals surface area contributed by atoms with Crippen molar-refractivity contribution in [2.45, 2.75) is 26.7 Å². The molecule has 0 aliphatic rings. The number of rotatable bonds is 5. The van der Waals surface area contributed by atoms with Gasteiger partial charge < -0.3 is 5.32 Å². The molecule has 3 heteroatoms. The van der Waals surface area contributed by atoms with Crippen molar-refractivity contribution < 1.29 is 9.18 Å². The Balaban J connectivity index is 2.86. The highest BCUT2D eigenvalue weighted by molar-refractivity contribution is 5.99. The quantitative estimate of drug-likeness (QED) is 0.595. The highest BCUT2D eigenvalue weighted by Crippen LogP contribution is 2.19. The largest absolute Gasteiger partial charge is 0.384 e. The van der Waals surface area contributed by atoms with Gasteiger partial charge in [0.05, 0.1) is 5.56 Å². The van der Waals surface area contributed by atoms with E-state index in [4.69, 9.17) is 0 Å². The molecule has 0 saturated heterocycles. The maximum absolute atomic E-state index is 13.3. The van der Waals surface area contributed by atoms with Crippen molar-refractivity contribution in [3.8, 4) is 0 Å². The third-order valence-corrected chi connectivity index (χ3v) is 2.21. The molecule has 0 fully saturated rings. The lowest BCUT2D eigenvalue weighted by Crippen LogP contribution is -2.08. The third kappa shape index (κ3) is 3.05. The molecule has 0 spiro atoms. The van der Waals surface area contributed by atoms with Crippen molar-refractivity contribution in [2.24, 2.45) is 0 Å². The molecule has 1 N–H and O–H groups in total. The van der Waals surface area contributed by atoms with Crippen molar-refractivity contribution in [3.05, 3.63) is 29.6 Å². The number of hydrogen-bond donors (Lipinski definition) is 1. The van der Waals surface area contributed by atoms with Gasteiger partial charge in [-0.15, -0.1) is 0 Å². The Bertz CT molecular complexity index is 349. The van der Waals surface area contributed by atoms with Crippen LogP contribution in [0.3, 0.4) is 0 Å². The summed E-state index contributed by atoms with van der Waals surface area (Å²) in [5.74, 6) is -0.698. The van der Waals surface area contributed by atoms with Crippen LogP contribution in [0.4, 0.5) is 10.1 Å². The second-order valence-electron chi connectivity index (χ2n) is 3.50. The van der Waals surface area contributed by atoms with Gasteiger partial charge in [-0.3, -0.25) is 4.79 Å². The average Bonchev–Trinajstić information content (AvgIpc) is 2.17. The van der Waals surface area contributed by atoms with E-state index in [-0.39, 0.29) is 11.3 Å². The van der Waals surface area contributed by atoms with Gasteiger partial charge in [-0.25, -0.2) is 4.39 Å². The van der Waals surface area contributed by atoms with Crippen molar-refractivity contribution in [1.29, 1.82) is 0 Å². The molecule has 0 aromatic heterocycles. The fraction of sp³-hybridized carbons (Fsp3) is 0.417. The molecule has 1 aromatic carbocycles. The smallest absolute Gasteiger partial charge is 0.164 e. The van der Waals surface area contributed by atoms with E-state index in [1.807, 2.05) is 0 Å². The molecule has 2 nitrogen and oxygen atoms in total. The van der Waals surface area contributed by atoms with Crippen LogP contribution in [0.1, 0.15) is 37.0 Å². The van der Waals surface area contributed by atoms with Gasteiger partial charge in [-0.1, -0.05) is 19.4 Å². The minimum absolute atomic E-state index is 0.161. The summed E-state index contributed by atoms with van der Waals surface area (Å²) in [5.41, 5.74) is 0.754. The van der Waals surface area contributed by atoms with Gasteiger partial charge in [0.25, 0.3) is 0 Å². The first-order valence-electron chi connectivity index (χ1n) is 5.20. The van der Waals surface area contributed by atoms with Crippen molar-refractivity contribution in [3.63, 3.8) is 0 Å². The number of anilines is 1. The Morgan fingerprint density at radius 3 is 2.80 bits per heavy atom. The van der Waals surface area contributed by atoms with Crippen molar-refractivity contribution in [2.75, 3.05) is 11.9 Å². The van der Waals surface area contributed by atoms with Crippen LogP contribution in [0.15, 0.2) is 18.2 Å². The summed E-state index contributed by atoms with van der Waals surface area (Å²) in [6.07, 6.45) is 2.07. The molecule has 82 valence electrons. The molecular weight excluding hydrogens is 193 g/mol. The number of benzene rings is 1. The first-order chi connectivity index (χ1) is 7.16. The summed E-state index contributed by atoms with van der Waals surface area (Å²) >= 11 is 0. The molecule has 15 heavy (non-hydrogen) atoms. The van der Waals surface area contributed by atoms with Gasteiger partial charge in [0.15, 0.2) is 5.78 Å². The Hall–Kier alpha value is -1.38. The number of ketones is 1. The van der Waals surface area contributed by atoms with Gasteiger partial charge in [0.2, 0.25) is 0 Å². The second kappa shape index (κ2) is 5.49. The van der Waals surface area contributed by atoms with E-state index in [0.29, 0.717) is 5.69 Å². The lowest BCUT2D eigenvalue weighted by molar-refractivity contribution is 0.101. The lowest BCUT2D eigenvalue weighted by atomic mass is 10.1. The first-order valence-corrected chi connectivity index (χ1v) is 5.20. The normalized spacial score (nSPS) is 10.1. The molecule has 0 saturated carbocycles. The van der Waals surface area contributed by atoms with E-state index >= 15 is 0 Å². The maximum Gasteiger partial charge on any atom is 0.164 e. The second-order valence-corrected chi connectivity index (χ2v) is 3.50. The molecule has 0 radical (unpaired) electrons. The number of nitrogens with one attached hydrogen (secondary N) is 1. The Morgan fingerprint density at radius 1 is 1.47 bits per heavy atom. The standard InChI is InChI=1S/C12H16FNO/c1-3-4-8-14-11-7-5-6-10(13)12(11)9(2)15/h5-7,14H,3-4,8H2,1-2H3. The van der Waals surface area contributed by atoms with Crippen LogP contribution in [-0.2, 0) is 0 Å². The zero-order valence-electron chi connectivity index (χ0n) is 9.14. The van der Waals surface area contributed by atoms with Crippen LogP contribution in [0.25, 0.3) is 0 Å². The van der Waals surface area contributed by atoms with E-state index in [1.165, 1.54) is 13.0 Å². The van der Waals surface area contributed by atoms with Crippen LogP contribution in [0.5, 0.6) is 0 Å². The summed E-state index contributed by atoms with van der Waals surface area (Å²) in [5, 5.41) is 3.08. The van der Waals surface area contributed by atoms with Crippen LogP contribution in [-0.4, -0.2) is 12.3 Å². The lowest BCUT2D eigenvalue weighted by Gasteiger charge is -2.10. The van der Waals surface area contributed by atoms with Gasteiger partial charge in [0, 0.05) is 12.2 Å². The number of carbonyl (C=O) groups is 1. The van der Waals surface area contributed by atoms with E-state index in [1.54, 1.807) is 12.1 Å². The number of carbonyl (C=O) groups excluding carboxylic acids is 1. The molecule has 0 aliphatic heterocycles. The Morgan fingerprint density at radius 2 is 2.20 bits per heavy atom. The maximum atomic E-state index is 13.3.